The van der Waals surface area contributed by atoms with E-state index < -0.39 is 0 Å². The summed E-state index contributed by atoms with van der Waals surface area (Å²) in [5.41, 5.74) is 3.35. The van der Waals surface area contributed by atoms with Crippen LogP contribution in [0.1, 0.15) is 0 Å². The van der Waals surface area contributed by atoms with Gasteiger partial charge in [0.2, 0.25) is 0 Å². The van der Waals surface area contributed by atoms with Crippen molar-refractivity contribution in [3.8, 4) is 22.5 Å². The molecule has 28 heavy (non-hydrogen) atoms. The number of nitro groups is 1. The minimum atomic E-state index is -0.390. The number of non-ortho nitro benzene ring substituents is 1. The van der Waals surface area contributed by atoms with Crippen LogP contribution >= 0.6 is 0 Å². The Balaban J connectivity index is 1.89. The van der Waals surface area contributed by atoms with Crippen LogP contribution in [0.3, 0.4) is 0 Å². The molecule has 0 amide bonds. The molecule has 2 aromatic carbocycles. The highest BCUT2D eigenvalue weighted by molar-refractivity contribution is 5.94. The van der Waals surface area contributed by atoms with E-state index in [0.717, 1.165) is 33.4 Å². The van der Waals surface area contributed by atoms with Crippen LogP contribution in [-0.4, -0.2) is 34.0 Å². The van der Waals surface area contributed by atoms with Gasteiger partial charge in [-0.15, -0.1) is 0 Å². The predicted octanol–water partition coefficient (Wildman–Crippen LogP) is 4.33. The monoisotopic (exact) mass is 371 g/mol. The standard InChI is InChI=1S/C21H17N5O2/c1-25(2)21-18-12-15(14-5-3-7-17(11-14)26(27)28)8-9-19(18)23-20(24-21)16-6-4-10-22-13-16/h3-13H,1-2H3. The van der Waals surface area contributed by atoms with Crippen molar-refractivity contribution >= 4 is 22.4 Å². The van der Waals surface area contributed by atoms with Crippen molar-refractivity contribution in [2.75, 3.05) is 19.0 Å². The van der Waals surface area contributed by atoms with Crippen LogP contribution in [0.5, 0.6) is 0 Å². The Labute approximate surface area is 161 Å². The maximum Gasteiger partial charge on any atom is 0.270 e. The average Bonchev–Trinajstić information content (AvgIpc) is 2.73. The maximum absolute atomic E-state index is 11.1. The fourth-order valence-corrected chi connectivity index (χ4v) is 3.06. The number of nitro benzene ring substituents is 1. The number of pyridine rings is 1. The van der Waals surface area contributed by atoms with Crippen LogP contribution < -0.4 is 4.90 Å². The molecule has 0 saturated heterocycles. The molecule has 0 aliphatic rings. The third kappa shape index (κ3) is 3.25. The Morgan fingerprint density at radius 3 is 2.43 bits per heavy atom. The van der Waals surface area contributed by atoms with Crippen molar-refractivity contribution in [2.45, 2.75) is 0 Å². The number of hydrogen-bond acceptors (Lipinski definition) is 6. The molecule has 0 fully saturated rings. The Hall–Kier alpha value is -3.87. The molecule has 138 valence electrons. The number of hydrogen-bond donors (Lipinski definition) is 0. The Morgan fingerprint density at radius 1 is 0.929 bits per heavy atom. The van der Waals surface area contributed by atoms with E-state index in [1.165, 1.54) is 6.07 Å². The van der Waals surface area contributed by atoms with Crippen LogP contribution in [0.4, 0.5) is 11.5 Å². The van der Waals surface area contributed by atoms with Gasteiger partial charge in [0, 0.05) is 49.6 Å². The van der Waals surface area contributed by atoms with Gasteiger partial charge in [-0.25, -0.2) is 9.97 Å². The Morgan fingerprint density at radius 2 is 1.71 bits per heavy atom. The van der Waals surface area contributed by atoms with Crippen molar-refractivity contribution in [1.29, 1.82) is 0 Å². The Kier molecular flexibility index (Phi) is 4.41. The highest BCUT2D eigenvalue weighted by Gasteiger charge is 2.13. The molecule has 0 spiro atoms. The van der Waals surface area contributed by atoms with Crippen LogP contribution in [0.15, 0.2) is 67.0 Å². The van der Waals surface area contributed by atoms with Gasteiger partial charge in [0.15, 0.2) is 5.82 Å². The minimum Gasteiger partial charge on any atom is -0.362 e. The van der Waals surface area contributed by atoms with Crippen molar-refractivity contribution in [3.05, 3.63) is 77.1 Å². The lowest BCUT2D eigenvalue weighted by atomic mass is 10.0. The third-order valence-corrected chi connectivity index (χ3v) is 4.41. The number of benzene rings is 2. The van der Waals surface area contributed by atoms with Crippen molar-refractivity contribution in [3.63, 3.8) is 0 Å². The summed E-state index contributed by atoms with van der Waals surface area (Å²) >= 11 is 0. The summed E-state index contributed by atoms with van der Waals surface area (Å²) in [7, 11) is 3.85. The van der Waals surface area contributed by atoms with Gasteiger partial charge in [-0.1, -0.05) is 18.2 Å². The van der Waals surface area contributed by atoms with Crippen molar-refractivity contribution in [2.24, 2.45) is 0 Å². The van der Waals surface area contributed by atoms with Gasteiger partial charge in [0.05, 0.1) is 10.4 Å². The quantitative estimate of drug-likeness (QED) is 0.392. The van der Waals surface area contributed by atoms with Gasteiger partial charge >= 0.3 is 0 Å². The summed E-state index contributed by atoms with van der Waals surface area (Å²) in [6, 6.07) is 16.2. The number of rotatable bonds is 4. The highest BCUT2D eigenvalue weighted by Crippen LogP contribution is 2.31. The van der Waals surface area contributed by atoms with E-state index in [4.69, 9.17) is 4.98 Å². The van der Waals surface area contributed by atoms with Gasteiger partial charge < -0.3 is 4.90 Å². The molecule has 0 aliphatic heterocycles. The van der Waals surface area contributed by atoms with Crippen LogP contribution in [0, 0.1) is 10.1 Å². The second kappa shape index (κ2) is 7.03. The smallest absolute Gasteiger partial charge is 0.270 e. The molecule has 0 saturated carbocycles. The van der Waals surface area contributed by atoms with E-state index in [1.54, 1.807) is 24.5 Å². The number of aromatic nitrogens is 3. The zero-order chi connectivity index (χ0) is 19.7. The van der Waals surface area contributed by atoms with E-state index in [0.29, 0.717) is 5.82 Å². The fourth-order valence-electron chi connectivity index (χ4n) is 3.06. The van der Waals surface area contributed by atoms with E-state index in [2.05, 4.69) is 9.97 Å². The second-order valence-electron chi connectivity index (χ2n) is 6.55. The molecule has 0 aliphatic carbocycles. The summed E-state index contributed by atoms with van der Waals surface area (Å²) in [4.78, 5) is 26.2. The molecule has 7 heteroatoms. The highest BCUT2D eigenvalue weighted by atomic mass is 16.6. The molecule has 2 aromatic heterocycles. The fraction of sp³-hybridized carbons (Fsp3) is 0.0952. The normalized spacial score (nSPS) is 10.8. The van der Waals surface area contributed by atoms with Gasteiger partial charge in [-0.3, -0.25) is 15.1 Å². The molecule has 4 rings (SSSR count). The van der Waals surface area contributed by atoms with E-state index in [1.807, 2.05) is 55.4 Å². The molecule has 7 nitrogen and oxygen atoms in total. The first-order valence-corrected chi connectivity index (χ1v) is 8.67. The zero-order valence-corrected chi connectivity index (χ0v) is 15.4. The summed E-state index contributed by atoms with van der Waals surface area (Å²) in [5.74, 6) is 1.38. The second-order valence-corrected chi connectivity index (χ2v) is 6.55. The van der Waals surface area contributed by atoms with Crippen LogP contribution in [-0.2, 0) is 0 Å². The van der Waals surface area contributed by atoms with Gasteiger partial charge in [0.1, 0.15) is 5.82 Å². The molecular weight excluding hydrogens is 354 g/mol. The zero-order valence-electron chi connectivity index (χ0n) is 15.4. The Bertz CT molecular complexity index is 1180. The minimum absolute atomic E-state index is 0.0635. The van der Waals surface area contributed by atoms with Gasteiger partial charge in [-0.05, 0) is 35.4 Å². The van der Waals surface area contributed by atoms with Crippen molar-refractivity contribution < 1.29 is 4.92 Å². The molecular formula is C21H17N5O2. The lowest BCUT2D eigenvalue weighted by molar-refractivity contribution is -0.384. The summed E-state index contributed by atoms with van der Waals surface area (Å²) in [6.07, 6.45) is 3.45. The molecule has 0 N–H and O–H groups in total. The third-order valence-electron chi connectivity index (χ3n) is 4.41. The first-order chi connectivity index (χ1) is 13.5. The van der Waals surface area contributed by atoms with Gasteiger partial charge in [0.25, 0.3) is 5.69 Å². The van der Waals surface area contributed by atoms with E-state index in [9.17, 15) is 10.1 Å². The molecule has 0 unspecified atom stereocenters. The lowest BCUT2D eigenvalue weighted by Gasteiger charge is -2.16. The van der Waals surface area contributed by atoms with Crippen LogP contribution in [0.2, 0.25) is 0 Å². The number of fused-ring (bicyclic) bond motifs is 1. The number of anilines is 1. The molecule has 2 heterocycles. The SMILES string of the molecule is CN(C)c1nc(-c2cccnc2)nc2ccc(-c3cccc([N+](=O)[O-])c3)cc12. The van der Waals surface area contributed by atoms with E-state index in [-0.39, 0.29) is 10.6 Å². The van der Waals surface area contributed by atoms with Gasteiger partial charge in [-0.2, -0.15) is 0 Å². The summed E-state index contributed by atoms with van der Waals surface area (Å²) in [6.45, 7) is 0. The first-order valence-electron chi connectivity index (χ1n) is 8.67. The predicted molar refractivity (Wildman–Crippen MR) is 109 cm³/mol. The number of nitrogens with zero attached hydrogens (tertiary/aromatic N) is 5. The lowest BCUT2D eigenvalue weighted by Crippen LogP contribution is -2.12. The molecule has 4 aromatic rings. The van der Waals surface area contributed by atoms with Crippen LogP contribution in [0.25, 0.3) is 33.4 Å². The maximum atomic E-state index is 11.1. The molecule has 0 atom stereocenters. The summed E-state index contributed by atoms with van der Waals surface area (Å²) < 4.78 is 0. The van der Waals surface area contributed by atoms with Crippen molar-refractivity contribution in [1.82, 2.24) is 15.0 Å². The summed E-state index contributed by atoms with van der Waals surface area (Å²) in [5, 5.41) is 12.0. The van der Waals surface area contributed by atoms with E-state index >= 15 is 0 Å². The largest absolute Gasteiger partial charge is 0.362 e. The molecule has 0 bridgehead atoms. The molecule has 0 radical (unpaired) electrons. The average molecular weight is 371 g/mol. The topological polar surface area (TPSA) is 85.0 Å². The first kappa shape index (κ1) is 17.5.